The molecule has 5 fully saturated rings. The van der Waals surface area contributed by atoms with Gasteiger partial charge in [-0.25, -0.2) is 0 Å². The molecule has 0 aromatic heterocycles. The first-order valence-corrected chi connectivity index (χ1v) is 9.69. The van der Waals surface area contributed by atoms with Crippen molar-refractivity contribution in [3.63, 3.8) is 0 Å². The molecule has 2 aliphatic heterocycles. The highest BCUT2D eigenvalue weighted by Gasteiger charge is 2.65. The summed E-state index contributed by atoms with van der Waals surface area (Å²) in [5.41, 5.74) is 0. The van der Waals surface area contributed by atoms with Gasteiger partial charge < -0.3 is 29.2 Å². The fourth-order valence-electron chi connectivity index (χ4n) is 5.40. The number of aliphatic hydroxyl groups is 2. The first-order valence-electron chi connectivity index (χ1n) is 9.69. The van der Waals surface area contributed by atoms with Crippen molar-refractivity contribution < 1.29 is 29.2 Å². The average Bonchev–Trinajstić information content (AvgIpc) is 3.14. The summed E-state index contributed by atoms with van der Waals surface area (Å²) in [4.78, 5) is 0. The summed E-state index contributed by atoms with van der Waals surface area (Å²) in [5, 5.41) is 21.7. The fourth-order valence-corrected chi connectivity index (χ4v) is 5.40. The number of fused-ring (bicyclic) bond motifs is 2. The van der Waals surface area contributed by atoms with Crippen LogP contribution in [0.15, 0.2) is 0 Å². The first kappa shape index (κ1) is 16.0. The predicted octanol–water partition coefficient (Wildman–Crippen LogP) is 1.61. The van der Waals surface area contributed by atoms with Crippen molar-refractivity contribution in [2.75, 3.05) is 0 Å². The van der Waals surface area contributed by atoms with Crippen LogP contribution in [0.25, 0.3) is 0 Å². The van der Waals surface area contributed by atoms with Crippen molar-refractivity contribution in [3.05, 3.63) is 0 Å². The summed E-state index contributed by atoms with van der Waals surface area (Å²) in [6.45, 7) is 0. The monoisotopic (exact) mass is 340 g/mol. The van der Waals surface area contributed by atoms with Crippen molar-refractivity contribution in [2.45, 2.75) is 112 Å². The van der Waals surface area contributed by atoms with Crippen LogP contribution in [0.2, 0.25) is 0 Å². The molecule has 0 amide bonds. The molecule has 2 N–H and O–H groups in total. The molecule has 0 bridgehead atoms. The maximum absolute atomic E-state index is 10.9. The summed E-state index contributed by atoms with van der Waals surface area (Å²) in [6, 6.07) is 0. The van der Waals surface area contributed by atoms with E-state index in [1.54, 1.807) is 0 Å². The summed E-state index contributed by atoms with van der Waals surface area (Å²) in [5.74, 6) is -1.26. The maximum Gasteiger partial charge on any atom is 0.169 e. The van der Waals surface area contributed by atoms with Crippen LogP contribution in [0, 0.1) is 0 Å². The molecule has 2 spiro atoms. The lowest BCUT2D eigenvalue weighted by molar-refractivity contribution is -0.224. The second-order valence-electron chi connectivity index (χ2n) is 8.25. The quantitative estimate of drug-likeness (QED) is 0.698. The molecule has 6 nitrogen and oxygen atoms in total. The van der Waals surface area contributed by atoms with E-state index in [0.717, 1.165) is 51.4 Å². The van der Waals surface area contributed by atoms with Gasteiger partial charge in [-0.3, -0.25) is 0 Å². The number of hydrogen-bond acceptors (Lipinski definition) is 6. The molecular formula is C18H28O6. The lowest BCUT2D eigenvalue weighted by Crippen LogP contribution is -2.61. The van der Waals surface area contributed by atoms with E-state index in [1.165, 1.54) is 12.8 Å². The fraction of sp³-hybridized carbons (Fsp3) is 1.00. The van der Waals surface area contributed by atoms with E-state index in [1.807, 2.05) is 0 Å². The highest BCUT2D eigenvalue weighted by atomic mass is 16.8. The van der Waals surface area contributed by atoms with Crippen LogP contribution < -0.4 is 0 Å². The van der Waals surface area contributed by atoms with Crippen LogP contribution in [-0.2, 0) is 18.9 Å². The molecule has 0 radical (unpaired) electrons. The Morgan fingerprint density at radius 3 is 1.08 bits per heavy atom. The zero-order valence-corrected chi connectivity index (χ0v) is 14.1. The third kappa shape index (κ3) is 2.31. The van der Waals surface area contributed by atoms with Crippen LogP contribution in [0.3, 0.4) is 0 Å². The summed E-state index contributed by atoms with van der Waals surface area (Å²) < 4.78 is 24.8. The van der Waals surface area contributed by atoms with Crippen molar-refractivity contribution in [1.82, 2.24) is 0 Å². The molecule has 5 unspecified atom stereocenters. The molecule has 5 rings (SSSR count). The van der Waals surface area contributed by atoms with Gasteiger partial charge in [-0.15, -0.1) is 0 Å². The molecule has 6 heteroatoms. The van der Waals surface area contributed by atoms with Gasteiger partial charge in [0.25, 0.3) is 0 Å². The van der Waals surface area contributed by atoms with E-state index in [9.17, 15) is 10.2 Å². The lowest BCUT2D eigenvalue weighted by atomic mass is 9.85. The molecule has 2 heterocycles. The van der Waals surface area contributed by atoms with Crippen molar-refractivity contribution in [2.24, 2.45) is 0 Å². The smallest absolute Gasteiger partial charge is 0.169 e. The standard InChI is InChI=1S/C18H28O6/c19-11-13-14(22-17(21-13)7-3-1-4-8-17)12(20)16-15(11)23-18(24-16)9-5-2-6-10-18/h11-16,19-20H,1-10H2/t11?,12?,13-,14?,15?,16?/m1/s1. The summed E-state index contributed by atoms with van der Waals surface area (Å²) >= 11 is 0. The Bertz CT molecular complexity index is 412. The van der Waals surface area contributed by atoms with Crippen LogP contribution >= 0.6 is 0 Å². The van der Waals surface area contributed by atoms with Crippen LogP contribution in [-0.4, -0.2) is 58.4 Å². The molecule has 24 heavy (non-hydrogen) atoms. The molecule has 6 atom stereocenters. The van der Waals surface area contributed by atoms with E-state index in [4.69, 9.17) is 18.9 Å². The van der Waals surface area contributed by atoms with Gasteiger partial charge in [0, 0.05) is 25.7 Å². The normalized spacial score (nSPS) is 49.2. The van der Waals surface area contributed by atoms with Crippen LogP contribution in [0.1, 0.15) is 64.2 Å². The molecular weight excluding hydrogens is 312 g/mol. The number of ether oxygens (including phenoxy) is 4. The van der Waals surface area contributed by atoms with Crippen molar-refractivity contribution in [1.29, 1.82) is 0 Å². The van der Waals surface area contributed by atoms with E-state index < -0.39 is 48.2 Å². The number of hydrogen-bond donors (Lipinski definition) is 2. The van der Waals surface area contributed by atoms with Gasteiger partial charge >= 0.3 is 0 Å². The predicted molar refractivity (Wildman–Crippen MR) is 83.1 cm³/mol. The zero-order valence-electron chi connectivity index (χ0n) is 14.1. The molecule has 3 aliphatic carbocycles. The van der Waals surface area contributed by atoms with Gasteiger partial charge in [-0.1, -0.05) is 12.8 Å². The topological polar surface area (TPSA) is 77.4 Å². The largest absolute Gasteiger partial charge is 0.387 e. The highest BCUT2D eigenvalue weighted by Crippen LogP contribution is 2.50. The van der Waals surface area contributed by atoms with Gasteiger partial charge in [-0.05, 0) is 25.7 Å². The Kier molecular flexibility index (Phi) is 3.75. The van der Waals surface area contributed by atoms with Gasteiger partial charge in [0.05, 0.1) is 0 Å². The van der Waals surface area contributed by atoms with Gasteiger partial charge in [0.15, 0.2) is 11.6 Å². The summed E-state index contributed by atoms with van der Waals surface area (Å²) in [7, 11) is 0. The van der Waals surface area contributed by atoms with Crippen molar-refractivity contribution >= 4 is 0 Å². The Morgan fingerprint density at radius 1 is 0.500 bits per heavy atom. The lowest BCUT2D eigenvalue weighted by Gasteiger charge is -2.38. The third-order valence-electron chi connectivity index (χ3n) is 6.63. The second kappa shape index (κ2) is 5.63. The minimum Gasteiger partial charge on any atom is -0.387 e. The van der Waals surface area contributed by atoms with E-state index in [0.29, 0.717) is 0 Å². The zero-order chi connectivity index (χ0) is 16.4. The summed E-state index contributed by atoms with van der Waals surface area (Å²) in [6.07, 6.45) is 6.24. The van der Waals surface area contributed by atoms with Crippen LogP contribution in [0.5, 0.6) is 0 Å². The SMILES string of the molecule is OC1C2OC3(CCCCC3)OC2C(O)[C@H]2OC3(CCCCC3)OC12. The van der Waals surface area contributed by atoms with Gasteiger partial charge in [0.2, 0.25) is 0 Å². The van der Waals surface area contributed by atoms with Gasteiger partial charge in [-0.2, -0.15) is 0 Å². The number of rotatable bonds is 0. The van der Waals surface area contributed by atoms with Crippen molar-refractivity contribution in [3.8, 4) is 0 Å². The third-order valence-corrected chi connectivity index (χ3v) is 6.63. The highest BCUT2D eigenvalue weighted by molar-refractivity contribution is 5.09. The molecule has 3 saturated carbocycles. The Hall–Kier alpha value is -0.240. The van der Waals surface area contributed by atoms with Crippen LogP contribution in [0.4, 0.5) is 0 Å². The molecule has 0 aromatic carbocycles. The van der Waals surface area contributed by atoms with E-state index >= 15 is 0 Å². The Labute approximate surface area is 142 Å². The van der Waals surface area contributed by atoms with Gasteiger partial charge in [0.1, 0.15) is 36.6 Å². The molecule has 0 aromatic rings. The molecule has 2 saturated heterocycles. The average molecular weight is 340 g/mol. The van der Waals surface area contributed by atoms with E-state index in [-0.39, 0.29) is 0 Å². The number of aliphatic hydroxyl groups excluding tert-OH is 2. The second-order valence-corrected chi connectivity index (χ2v) is 8.25. The first-order chi connectivity index (χ1) is 11.6. The Balaban J connectivity index is 1.38. The molecule has 136 valence electrons. The minimum absolute atomic E-state index is 0.526. The minimum atomic E-state index is -0.814. The molecule has 5 aliphatic rings. The van der Waals surface area contributed by atoms with E-state index in [2.05, 4.69) is 0 Å². The Morgan fingerprint density at radius 2 is 0.792 bits per heavy atom. The maximum atomic E-state index is 10.9.